The lowest BCUT2D eigenvalue weighted by Gasteiger charge is -2.14. The molecule has 0 spiro atoms. The Morgan fingerprint density at radius 3 is 2.57 bits per heavy atom. The number of rotatable bonds is 2. The summed E-state index contributed by atoms with van der Waals surface area (Å²) in [6, 6.07) is 0. The van der Waals surface area contributed by atoms with Crippen LogP contribution in [0.25, 0.3) is 0 Å². The maximum absolute atomic E-state index is 10.9. The minimum atomic E-state index is -3.43. The molecule has 14 heavy (non-hydrogen) atoms. The SMILES string of the molecule is CS(=O)(=O)O[C@@H]1CO[C@@H]2[C@@H]1OC[C@@H]2I. The standard InChI is InChI=1S/C7H11IO5S/c1-14(9,10)13-5-3-12-6-4(8)2-11-7(5)6/h4-7H,2-3H2,1H3/t4-,5+,6-,7+/m0/s1. The summed E-state index contributed by atoms with van der Waals surface area (Å²) in [4.78, 5) is 0. The van der Waals surface area contributed by atoms with Gasteiger partial charge in [-0.2, -0.15) is 8.42 Å². The van der Waals surface area contributed by atoms with E-state index in [-0.39, 0.29) is 16.1 Å². The molecule has 0 aliphatic carbocycles. The van der Waals surface area contributed by atoms with E-state index < -0.39 is 16.2 Å². The first-order chi connectivity index (χ1) is 6.47. The highest BCUT2D eigenvalue weighted by molar-refractivity contribution is 14.1. The number of ether oxygens (including phenoxy) is 2. The van der Waals surface area contributed by atoms with Crippen molar-refractivity contribution in [2.45, 2.75) is 22.2 Å². The topological polar surface area (TPSA) is 61.8 Å². The Morgan fingerprint density at radius 2 is 1.93 bits per heavy atom. The van der Waals surface area contributed by atoms with Crippen molar-refractivity contribution in [3.8, 4) is 0 Å². The summed E-state index contributed by atoms with van der Waals surface area (Å²) in [5.41, 5.74) is 0. The van der Waals surface area contributed by atoms with Gasteiger partial charge in [0.2, 0.25) is 0 Å². The first-order valence-corrected chi connectivity index (χ1v) is 7.29. The van der Waals surface area contributed by atoms with Crippen molar-refractivity contribution < 1.29 is 22.1 Å². The van der Waals surface area contributed by atoms with Crippen molar-refractivity contribution in [3.63, 3.8) is 0 Å². The molecule has 0 N–H and O–H groups in total. The second-order valence-electron chi connectivity index (χ2n) is 3.45. The fraction of sp³-hybridized carbons (Fsp3) is 1.00. The molecule has 0 aromatic rings. The maximum Gasteiger partial charge on any atom is 0.264 e. The lowest BCUT2D eigenvalue weighted by molar-refractivity contribution is 0.0341. The van der Waals surface area contributed by atoms with Gasteiger partial charge in [0, 0.05) is 0 Å². The molecule has 5 nitrogen and oxygen atoms in total. The monoisotopic (exact) mass is 334 g/mol. The molecule has 0 radical (unpaired) electrons. The molecule has 7 heteroatoms. The predicted octanol–water partition coefficient (Wildman–Crippen LogP) is -0.0676. The molecule has 0 amide bonds. The molecule has 2 aliphatic heterocycles. The molecule has 2 rings (SSSR count). The molecule has 0 aromatic heterocycles. The number of hydrogen-bond acceptors (Lipinski definition) is 5. The fourth-order valence-corrected chi connectivity index (χ4v) is 3.16. The Morgan fingerprint density at radius 1 is 1.29 bits per heavy atom. The van der Waals surface area contributed by atoms with Crippen LogP contribution in [0.2, 0.25) is 0 Å². The minimum absolute atomic E-state index is 0.0256. The first-order valence-electron chi connectivity index (χ1n) is 4.23. The van der Waals surface area contributed by atoms with E-state index in [1.807, 2.05) is 0 Å². The van der Waals surface area contributed by atoms with E-state index in [1.165, 1.54) is 0 Å². The van der Waals surface area contributed by atoms with Crippen molar-refractivity contribution in [3.05, 3.63) is 0 Å². The molecule has 2 aliphatic rings. The van der Waals surface area contributed by atoms with Crippen molar-refractivity contribution in [2.75, 3.05) is 19.5 Å². The van der Waals surface area contributed by atoms with Crippen LogP contribution in [0, 0.1) is 0 Å². The summed E-state index contributed by atoms with van der Waals surface area (Å²) in [5, 5.41) is 0. The van der Waals surface area contributed by atoms with Gasteiger partial charge in [-0.15, -0.1) is 0 Å². The Kier molecular flexibility index (Phi) is 3.04. The van der Waals surface area contributed by atoms with Crippen molar-refractivity contribution in [2.24, 2.45) is 0 Å². The number of halogens is 1. The number of hydrogen-bond donors (Lipinski definition) is 0. The molecule has 2 heterocycles. The van der Waals surface area contributed by atoms with Gasteiger partial charge in [-0.1, -0.05) is 22.6 Å². The summed E-state index contributed by atoms with van der Waals surface area (Å²) < 4.78 is 37.9. The third-order valence-corrected chi connectivity index (χ3v) is 3.91. The molecule has 0 saturated carbocycles. The van der Waals surface area contributed by atoms with Gasteiger partial charge in [0.15, 0.2) is 0 Å². The average molecular weight is 334 g/mol. The molecule has 0 bridgehead atoms. The average Bonchev–Trinajstić information content (AvgIpc) is 2.55. The van der Waals surface area contributed by atoms with Gasteiger partial charge in [0.1, 0.15) is 18.3 Å². The molecule has 82 valence electrons. The van der Waals surface area contributed by atoms with E-state index in [4.69, 9.17) is 13.7 Å². The summed E-state index contributed by atoms with van der Waals surface area (Å²) >= 11 is 2.24. The van der Waals surface area contributed by atoms with E-state index in [1.54, 1.807) is 0 Å². The molecule has 2 fully saturated rings. The second kappa shape index (κ2) is 3.85. The van der Waals surface area contributed by atoms with E-state index in [2.05, 4.69) is 22.6 Å². The van der Waals surface area contributed by atoms with Gasteiger partial charge >= 0.3 is 0 Å². The van der Waals surface area contributed by atoms with Gasteiger partial charge in [-0.25, -0.2) is 0 Å². The van der Waals surface area contributed by atoms with E-state index in [0.717, 1.165) is 6.26 Å². The maximum atomic E-state index is 10.9. The number of alkyl halides is 1. The second-order valence-corrected chi connectivity index (χ2v) is 6.65. The van der Waals surface area contributed by atoms with Gasteiger partial charge in [0.25, 0.3) is 10.1 Å². The molecule has 4 atom stereocenters. The predicted molar refractivity (Wildman–Crippen MR) is 57.0 cm³/mol. The van der Waals surface area contributed by atoms with Crippen LogP contribution in [0.3, 0.4) is 0 Å². The van der Waals surface area contributed by atoms with Crippen LogP contribution in [-0.2, 0) is 23.8 Å². The summed E-state index contributed by atoms with van der Waals surface area (Å²) in [6.45, 7) is 0.890. The van der Waals surface area contributed by atoms with Crippen LogP contribution in [0.5, 0.6) is 0 Å². The quantitative estimate of drug-likeness (QED) is 0.402. The Bertz CT molecular complexity index is 316. The third kappa shape index (κ3) is 2.21. The van der Waals surface area contributed by atoms with Crippen LogP contribution in [0.1, 0.15) is 0 Å². The summed E-state index contributed by atoms with van der Waals surface area (Å²) in [6.07, 6.45) is 0.306. The molecule has 0 aromatic carbocycles. The Labute approximate surface area is 96.4 Å². The van der Waals surface area contributed by atoms with Crippen LogP contribution in [0.15, 0.2) is 0 Å². The lowest BCUT2D eigenvalue weighted by Crippen LogP contribution is -2.32. The van der Waals surface area contributed by atoms with E-state index in [0.29, 0.717) is 13.2 Å². The minimum Gasteiger partial charge on any atom is -0.371 e. The zero-order chi connectivity index (χ0) is 10.3. The molecule has 0 unspecified atom stereocenters. The largest absolute Gasteiger partial charge is 0.371 e. The van der Waals surface area contributed by atoms with Crippen molar-refractivity contribution in [1.29, 1.82) is 0 Å². The van der Waals surface area contributed by atoms with Crippen molar-refractivity contribution >= 4 is 32.7 Å². The first kappa shape index (κ1) is 11.1. The smallest absolute Gasteiger partial charge is 0.264 e. The Balaban J connectivity index is 2.04. The molecular formula is C7H11IO5S. The van der Waals surface area contributed by atoms with E-state index in [9.17, 15) is 8.42 Å². The highest BCUT2D eigenvalue weighted by Crippen LogP contribution is 2.33. The normalized spacial score (nSPS) is 42.7. The van der Waals surface area contributed by atoms with Crippen LogP contribution in [0.4, 0.5) is 0 Å². The fourth-order valence-electron chi connectivity index (χ4n) is 1.72. The highest BCUT2D eigenvalue weighted by atomic mass is 127. The molecule has 2 saturated heterocycles. The van der Waals surface area contributed by atoms with Gasteiger partial charge < -0.3 is 9.47 Å². The lowest BCUT2D eigenvalue weighted by atomic mass is 10.1. The molecular weight excluding hydrogens is 323 g/mol. The van der Waals surface area contributed by atoms with Crippen LogP contribution < -0.4 is 0 Å². The van der Waals surface area contributed by atoms with Gasteiger partial charge in [-0.3, -0.25) is 4.18 Å². The zero-order valence-electron chi connectivity index (χ0n) is 7.55. The number of fused-ring (bicyclic) bond motifs is 1. The summed E-state index contributed by atoms with van der Waals surface area (Å²) in [7, 11) is -3.43. The van der Waals surface area contributed by atoms with Gasteiger partial charge in [-0.05, 0) is 0 Å². The highest BCUT2D eigenvalue weighted by Gasteiger charge is 2.48. The van der Waals surface area contributed by atoms with Crippen molar-refractivity contribution in [1.82, 2.24) is 0 Å². The third-order valence-electron chi connectivity index (χ3n) is 2.25. The van der Waals surface area contributed by atoms with Gasteiger partial charge in [0.05, 0.1) is 23.4 Å². The van der Waals surface area contributed by atoms with Crippen LogP contribution >= 0.6 is 22.6 Å². The van der Waals surface area contributed by atoms with Crippen LogP contribution in [-0.4, -0.2) is 50.1 Å². The van der Waals surface area contributed by atoms with E-state index >= 15 is 0 Å². The Hall–Kier alpha value is 0.560. The zero-order valence-corrected chi connectivity index (χ0v) is 10.5. The summed E-state index contributed by atoms with van der Waals surface area (Å²) in [5.74, 6) is 0.